The lowest BCUT2D eigenvalue weighted by Gasteiger charge is -2.18. The van der Waals surface area contributed by atoms with Gasteiger partial charge in [-0.15, -0.1) is 0 Å². The molecule has 0 saturated heterocycles. The third-order valence-corrected chi connectivity index (χ3v) is 2.05. The Morgan fingerprint density at radius 3 is 2.07 bits per heavy atom. The first-order valence-electron chi connectivity index (χ1n) is 5.88. The second kappa shape index (κ2) is 8.25. The van der Waals surface area contributed by atoms with Crippen molar-refractivity contribution in [2.45, 2.75) is 47.1 Å². The highest BCUT2D eigenvalue weighted by Gasteiger charge is 2.07. The summed E-state index contributed by atoms with van der Waals surface area (Å²) in [5.41, 5.74) is 0. The van der Waals surface area contributed by atoms with Gasteiger partial charge in [0.1, 0.15) is 0 Å². The van der Waals surface area contributed by atoms with E-state index < -0.39 is 0 Å². The highest BCUT2D eigenvalue weighted by molar-refractivity contribution is 4.61. The third-order valence-electron chi connectivity index (χ3n) is 2.05. The van der Waals surface area contributed by atoms with E-state index in [1.165, 1.54) is 0 Å². The van der Waals surface area contributed by atoms with E-state index >= 15 is 0 Å². The average Bonchev–Trinajstić information content (AvgIpc) is 2.10. The van der Waals surface area contributed by atoms with E-state index in [9.17, 15) is 0 Å². The van der Waals surface area contributed by atoms with Gasteiger partial charge in [0.05, 0.1) is 6.10 Å². The zero-order chi connectivity index (χ0) is 11.0. The quantitative estimate of drug-likeness (QED) is 0.652. The van der Waals surface area contributed by atoms with Gasteiger partial charge in [0, 0.05) is 13.2 Å². The molecule has 86 valence electrons. The van der Waals surface area contributed by atoms with E-state index in [1.54, 1.807) is 0 Å². The summed E-state index contributed by atoms with van der Waals surface area (Å²) in [6.45, 7) is 14.0. The van der Waals surface area contributed by atoms with Crippen LogP contribution in [0.15, 0.2) is 0 Å². The first-order valence-corrected chi connectivity index (χ1v) is 5.88. The topological polar surface area (TPSA) is 21.3 Å². The van der Waals surface area contributed by atoms with Crippen molar-refractivity contribution in [1.82, 2.24) is 5.32 Å². The summed E-state index contributed by atoms with van der Waals surface area (Å²) in [6.07, 6.45) is 1.48. The molecule has 2 nitrogen and oxygen atoms in total. The number of rotatable bonds is 8. The summed E-state index contributed by atoms with van der Waals surface area (Å²) in [6, 6.07) is 0. The summed E-state index contributed by atoms with van der Waals surface area (Å²) >= 11 is 0. The Bertz CT molecular complexity index is 123. The standard InChI is InChI=1S/C12H27NO/c1-6-12(14-9-11(4)5)8-13-7-10(2)3/h10-13H,6-9H2,1-5H3. The zero-order valence-electron chi connectivity index (χ0n) is 10.5. The number of hydrogen-bond donors (Lipinski definition) is 1. The van der Waals surface area contributed by atoms with Gasteiger partial charge in [-0.05, 0) is 24.8 Å². The van der Waals surface area contributed by atoms with Crippen molar-refractivity contribution in [3.63, 3.8) is 0 Å². The van der Waals surface area contributed by atoms with Crippen LogP contribution in [-0.4, -0.2) is 25.8 Å². The third kappa shape index (κ3) is 8.52. The largest absolute Gasteiger partial charge is 0.377 e. The molecule has 1 atom stereocenters. The Hall–Kier alpha value is -0.0800. The van der Waals surface area contributed by atoms with Crippen molar-refractivity contribution in [3.05, 3.63) is 0 Å². The Labute approximate surface area is 89.4 Å². The molecule has 0 aromatic carbocycles. The predicted octanol–water partition coefficient (Wildman–Crippen LogP) is 2.68. The van der Waals surface area contributed by atoms with Crippen molar-refractivity contribution in [2.24, 2.45) is 11.8 Å². The van der Waals surface area contributed by atoms with Gasteiger partial charge in [0.25, 0.3) is 0 Å². The van der Waals surface area contributed by atoms with Crippen LogP contribution in [0.3, 0.4) is 0 Å². The van der Waals surface area contributed by atoms with Crippen LogP contribution in [0.1, 0.15) is 41.0 Å². The van der Waals surface area contributed by atoms with Crippen LogP contribution in [0.25, 0.3) is 0 Å². The smallest absolute Gasteiger partial charge is 0.0696 e. The molecule has 0 aliphatic rings. The fraction of sp³-hybridized carbons (Fsp3) is 1.00. The molecule has 0 heterocycles. The fourth-order valence-electron chi connectivity index (χ4n) is 1.18. The molecule has 0 radical (unpaired) electrons. The van der Waals surface area contributed by atoms with E-state index in [4.69, 9.17) is 4.74 Å². The molecule has 0 aromatic heterocycles. The van der Waals surface area contributed by atoms with Crippen LogP contribution < -0.4 is 5.32 Å². The van der Waals surface area contributed by atoms with Crippen molar-refractivity contribution in [3.8, 4) is 0 Å². The van der Waals surface area contributed by atoms with Gasteiger partial charge in [0.2, 0.25) is 0 Å². The zero-order valence-corrected chi connectivity index (χ0v) is 10.5. The summed E-state index contributed by atoms with van der Waals surface area (Å²) in [7, 11) is 0. The van der Waals surface area contributed by atoms with Crippen LogP contribution in [0, 0.1) is 11.8 Å². The minimum atomic E-state index is 0.385. The lowest BCUT2D eigenvalue weighted by molar-refractivity contribution is 0.0337. The molecule has 0 bridgehead atoms. The van der Waals surface area contributed by atoms with E-state index in [0.29, 0.717) is 12.0 Å². The lowest BCUT2D eigenvalue weighted by atomic mass is 10.2. The van der Waals surface area contributed by atoms with Gasteiger partial charge >= 0.3 is 0 Å². The molecular weight excluding hydrogens is 174 g/mol. The molecule has 0 aromatic rings. The normalized spacial score (nSPS) is 13.9. The molecule has 14 heavy (non-hydrogen) atoms. The monoisotopic (exact) mass is 201 g/mol. The summed E-state index contributed by atoms with van der Waals surface area (Å²) in [4.78, 5) is 0. The second-order valence-electron chi connectivity index (χ2n) is 4.81. The molecule has 0 rings (SSSR count). The van der Waals surface area contributed by atoms with Crippen LogP contribution in [0.5, 0.6) is 0 Å². The molecule has 0 spiro atoms. The van der Waals surface area contributed by atoms with Crippen LogP contribution in [-0.2, 0) is 4.74 Å². The summed E-state index contributed by atoms with van der Waals surface area (Å²) < 4.78 is 5.77. The van der Waals surface area contributed by atoms with Crippen LogP contribution >= 0.6 is 0 Å². The van der Waals surface area contributed by atoms with E-state index in [0.717, 1.165) is 32.0 Å². The molecule has 0 aliphatic carbocycles. The first kappa shape index (κ1) is 13.9. The molecule has 1 N–H and O–H groups in total. The maximum absolute atomic E-state index is 5.77. The second-order valence-corrected chi connectivity index (χ2v) is 4.81. The Morgan fingerprint density at radius 2 is 1.64 bits per heavy atom. The van der Waals surface area contributed by atoms with Gasteiger partial charge in [-0.1, -0.05) is 34.6 Å². The molecular formula is C12H27NO. The average molecular weight is 201 g/mol. The number of hydrogen-bond acceptors (Lipinski definition) is 2. The molecule has 2 heteroatoms. The van der Waals surface area contributed by atoms with E-state index in [-0.39, 0.29) is 0 Å². The van der Waals surface area contributed by atoms with Gasteiger partial charge in [-0.2, -0.15) is 0 Å². The van der Waals surface area contributed by atoms with Crippen molar-refractivity contribution in [2.75, 3.05) is 19.7 Å². The summed E-state index contributed by atoms with van der Waals surface area (Å²) in [5, 5.41) is 3.43. The predicted molar refractivity (Wildman–Crippen MR) is 62.6 cm³/mol. The molecule has 1 unspecified atom stereocenters. The molecule has 0 saturated carbocycles. The maximum atomic E-state index is 5.77. The molecule has 0 aliphatic heterocycles. The Kier molecular flexibility index (Phi) is 8.20. The molecule has 0 fully saturated rings. The van der Waals surface area contributed by atoms with Gasteiger partial charge < -0.3 is 10.1 Å². The first-order chi connectivity index (χ1) is 6.56. The van der Waals surface area contributed by atoms with E-state index in [2.05, 4.69) is 39.9 Å². The van der Waals surface area contributed by atoms with Gasteiger partial charge in [-0.3, -0.25) is 0 Å². The van der Waals surface area contributed by atoms with Crippen molar-refractivity contribution in [1.29, 1.82) is 0 Å². The minimum Gasteiger partial charge on any atom is -0.377 e. The summed E-state index contributed by atoms with van der Waals surface area (Å²) in [5.74, 6) is 1.35. The SMILES string of the molecule is CCC(CNCC(C)C)OCC(C)C. The van der Waals surface area contributed by atoms with Crippen LogP contribution in [0.4, 0.5) is 0 Å². The minimum absolute atomic E-state index is 0.385. The van der Waals surface area contributed by atoms with Gasteiger partial charge in [-0.25, -0.2) is 0 Å². The van der Waals surface area contributed by atoms with Crippen LogP contribution in [0.2, 0.25) is 0 Å². The number of nitrogens with one attached hydrogen (secondary N) is 1. The number of ether oxygens (including phenoxy) is 1. The van der Waals surface area contributed by atoms with Gasteiger partial charge in [0.15, 0.2) is 0 Å². The Balaban J connectivity index is 3.48. The van der Waals surface area contributed by atoms with E-state index in [1.807, 2.05) is 0 Å². The highest BCUT2D eigenvalue weighted by atomic mass is 16.5. The Morgan fingerprint density at radius 1 is 1.00 bits per heavy atom. The molecule has 0 amide bonds. The maximum Gasteiger partial charge on any atom is 0.0696 e. The van der Waals surface area contributed by atoms with Crippen molar-refractivity contribution >= 4 is 0 Å². The highest BCUT2D eigenvalue weighted by Crippen LogP contribution is 2.01. The fourth-order valence-corrected chi connectivity index (χ4v) is 1.18. The van der Waals surface area contributed by atoms with Crippen molar-refractivity contribution < 1.29 is 4.74 Å². The lowest BCUT2D eigenvalue weighted by Crippen LogP contribution is -2.31.